The summed E-state index contributed by atoms with van der Waals surface area (Å²) in [4.78, 5) is 0. The minimum atomic E-state index is 0.292. The molecule has 4 N–H and O–H groups in total. The Morgan fingerprint density at radius 3 is 2.71 bits per heavy atom. The Morgan fingerprint density at radius 2 is 2.06 bits per heavy atom. The first-order valence-electron chi connectivity index (χ1n) is 6.01. The van der Waals surface area contributed by atoms with Crippen molar-refractivity contribution in [3.05, 3.63) is 35.4 Å². The van der Waals surface area contributed by atoms with Gasteiger partial charge in [-0.25, -0.2) is 0 Å². The molecule has 1 aromatic carbocycles. The summed E-state index contributed by atoms with van der Waals surface area (Å²) in [5.41, 5.74) is 8.12. The maximum atomic E-state index is 8.38. The normalized spacial score (nSPS) is 11.7. The first-order chi connectivity index (χ1) is 8.27. The van der Waals surface area contributed by atoms with Crippen LogP contribution in [0.5, 0.6) is 0 Å². The van der Waals surface area contributed by atoms with Crippen LogP contribution in [-0.2, 0) is 13.0 Å². The average molecular weight is 235 g/mol. The molecule has 0 atom stereocenters. The van der Waals surface area contributed by atoms with Crippen LogP contribution in [0.15, 0.2) is 29.4 Å². The second-order valence-corrected chi connectivity index (χ2v) is 3.99. The van der Waals surface area contributed by atoms with Crippen molar-refractivity contribution >= 4 is 5.84 Å². The van der Waals surface area contributed by atoms with Crippen molar-refractivity contribution in [2.75, 3.05) is 6.54 Å². The molecule has 0 aliphatic rings. The zero-order valence-electron chi connectivity index (χ0n) is 10.3. The molecule has 0 bridgehead atoms. The van der Waals surface area contributed by atoms with Gasteiger partial charge in [0.1, 0.15) is 5.84 Å². The summed E-state index contributed by atoms with van der Waals surface area (Å²) in [5, 5.41) is 14.7. The smallest absolute Gasteiger partial charge is 0.139 e. The lowest BCUT2D eigenvalue weighted by molar-refractivity contribution is 0.316. The van der Waals surface area contributed by atoms with Crippen LogP contribution in [0.1, 0.15) is 30.9 Å². The molecule has 0 heterocycles. The van der Waals surface area contributed by atoms with Crippen LogP contribution in [0, 0.1) is 0 Å². The van der Waals surface area contributed by atoms with E-state index < -0.39 is 0 Å². The van der Waals surface area contributed by atoms with Gasteiger partial charge in [-0.05, 0) is 30.5 Å². The third-order valence-corrected chi connectivity index (χ3v) is 2.73. The molecule has 0 saturated heterocycles. The summed E-state index contributed by atoms with van der Waals surface area (Å²) in [6.07, 6.45) is 2.56. The Bertz CT molecular complexity index is 363. The number of benzene rings is 1. The van der Waals surface area contributed by atoms with E-state index in [0.717, 1.165) is 25.9 Å². The van der Waals surface area contributed by atoms with Gasteiger partial charge in [0.25, 0.3) is 0 Å². The highest BCUT2D eigenvalue weighted by Crippen LogP contribution is 2.08. The highest BCUT2D eigenvalue weighted by Gasteiger charge is 1.99. The molecule has 0 unspecified atom stereocenters. The third-order valence-electron chi connectivity index (χ3n) is 2.73. The second kappa shape index (κ2) is 7.68. The summed E-state index contributed by atoms with van der Waals surface area (Å²) in [6, 6.07) is 8.44. The van der Waals surface area contributed by atoms with E-state index in [2.05, 4.69) is 41.7 Å². The van der Waals surface area contributed by atoms with E-state index in [4.69, 9.17) is 10.9 Å². The van der Waals surface area contributed by atoms with E-state index in [0.29, 0.717) is 12.3 Å². The Hall–Kier alpha value is -1.55. The predicted molar refractivity (Wildman–Crippen MR) is 70.2 cm³/mol. The first-order valence-corrected chi connectivity index (χ1v) is 6.01. The van der Waals surface area contributed by atoms with Gasteiger partial charge >= 0.3 is 0 Å². The summed E-state index contributed by atoms with van der Waals surface area (Å²) in [6.45, 7) is 3.91. The van der Waals surface area contributed by atoms with Crippen molar-refractivity contribution in [2.24, 2.45) is 10.9 Å². The van der Waals surface area contributed by atoms with Gasteiger partial charge in [0.15, 0.2) is 0 Å². The molecule has 0 aliphatic carbocycles. The Morgan fingerprint density at radius 1 is 1.35 bits per heavy atom. The predicted octanol–water partition coefficient (Wildman–Crippen LogP) is 1.87. The van der Waals surface area contributed by atoms with Crippen LogP contribution >= 0.6 is 0 Å². The zero-order valence-corrected chi connectivity index (χ0v) is 10.3. The second-order valence-electron chi connectivity index (χ2n) is 3.99. The summed E-state index contributed by atoms with van der Waals surface area (Å²) in [7, 11) is 0. The van der Waals surface area contributed by atoms with Gasteiger partial charge in [-0.2, -0.15) is 0 Å². The summed E-state index contributed by atoms with van der Waals surface area (Å²) >= 11 is 0. The van der Waals surface area contributed by atoms with Crippen LogP contribution in [0.25, 0.3) is 0 Å². The van der Waals surface area contributed by atoms with Crippen molar-refractivity contribution in [3.8, 4) is 0 Å². The van der Waals surface area contributed by atoms with Crippen molar-refractivity contribution < 1.29 is 5.21 Å². The van der Waals surface area contributed by atoms with Crippen molar-refractivity contribution in [3.63, 3.8) is 0 Å². The van der Waals surface area contributed by atoms with Crippen LogP contribution in [0.2, 0.25) is 0 Å². The highest BCUT2D eigenvalue weighted by atomic mass is 16.4. The standard InChI is InChI=1S/C13H21N3O/c1-2-11-6-3-4-7-12(11)10-15-9-5-8-13(14)16-17/h3-4,6-7,15,17H,2,5,8-10H2,1H3,(H2,14,16). The number of aryl methyl sites for hydroxylation is 1. The first kappa shape index (κ1) is 13.5. The molecule has 17 heavy (non-hydrogen) atoms. The van der Waals surface area contributed by atoms with Gasteiger partial charge in [-0.3, -0.25) is 0 Å². The van der Waals surface area contributed by atoms with Gasteiger partial charge in [-0.1, -0.05) is 36.3 Å². The SMILES string of the molecule is CCc1ccccc1CNCCCC(N)=NO. The maximum absolute atomic E-state index is 8.38. The minimum Gasteiger partial charge on any atom is -0.409 e. The number of oxime groups is 1. The molecule has 1 aromatic rings. The average Bonchev–Trinajstić information content (AvgIpc) is 2.38. The molecule has 4 nitrogen and oxygen atoms in total. The molecule has 1 rings (SSSR count). The van der Waals surface area contributed by atoms with E-state index in [1.54, 1.807) is 0 Å². The van der Waals surface area contributed by atoms with Gasteiger partial charge in [0, 0.05) is 13.0 Å². The van der Waals surface area contributed by atoms with Crippen LogP contribution in [0.4, 0.5) is 0 Å². The molecule has 94 valence electrons. The molecule has 0 spiro atoms. The number of hydrogen-bond donors (Lipinski definition) is 3. The van der Waals surface area contributed by atoms with Gasteiger partial charge in [0.05, 0.1) is 0 Å². The third kappa shape index (κ3) is 4.87. The maximum Gasteiger partial charge on any atom is 0.139 e. The molecular formula is C13H21N3O. The fourth-order valence-corrected chi connectivity index (χ4v) is 1.74. The lowest BCUT2D eigenvalue weighted by Crippen LogP contribution is -2.19. The number of rotatable bonds is 7. The number of nitrogens with one attached hydrogen (secondary N) is 1. The largest absolute Gasteiger partial charge is 0.409 e. The molecule has 0 fully saturated rings. The molecule has 0 aliphatic heterocycles. The Balaban J connectivity index is 2.26. The molecule has 0 saturated carbocycles. The van der Waals surface area contributed by atoms with Gasteiger partial charge in [-0.15, -0.1) is 0 Å². The van der Waals surface area contributed by atoms with Crippen molar-refractivity contribution in [1.29, 1.82) is 0 Å². The molecule has 4 heteroatoms. The summed E-state index contributed by atoms with van der Waals surface area (Å²) in [5.74, 6) is 0.292. The Labute approximate surface area is 103 Å². The van der Waals surface area contributed by atoms with Crippen molar-refractivity contribution in [1.82, 2.24) is 5.32 Å². The highest BCUT2D eigenvalue weighted by molar-refractivity contribution is 5.79. The van der Waals surface area contributed by atoms with E-state index in [9.17, 15) is 0 Å². The zero-order chi connectivity index (χ0) is 12.5. The van der Waals surface area contributed by atoms with Gasteiger partial charge in [0.2, 0.25) is 0 Å². The minimum absolute atomic E-state index is 0.292. The van der Waals surface area contributed by atoms with E-state index in [1.165, 1.54) is 11.1 Å². The summed E-state index contributed by atoms with van der Waals surface area (Å²) < 4.78 is 0. The lowest BCUT2D eigenvalue weighted by atomic mass is 10.1. The van der Waals surface area contributed by atoms with E-state index in [1.807, 2.05) is 0 Å². The number of amidine groups is 1. The van der Waals surface area contributed by atoms with Crippen LogP contribution in [-0.4, -0.2) is 17.6 Å². The number of hydrogen-bond acceptors (Lipinski definition) is 3. The molecule has 0 amide bonds. The lowest BCUT2D eigenvalue weighted by Gasteiger charge is -2.08. The topological polar surface area (TPSA) is 70.6 Å². The number of nitrogens with zero attached hydrogens (tertiary/aromatic N) is 1. The monoisotopic (exact) mass is 235 g/mol. The van der Waals surface area contributed by atoms with Crippen molar-refractivity contribution in [2.45, 2.75) is 32.7 Å². The molecule has 0 radical (unpaired) electrons. The fourth-order valence-electron chi connectivity index (χ4n) is 1.74. The van der Waals surface area contributed by atoms with Crippen LogP contribution < -0.4 is 11.1 Å². The van der Waals surface area contributed by atoms with E-state index >= 15 is 0 Å². The fraction of sp³-hybridized carbons (Fsp3) is 0.462. The molecule has 0 aromatic heterocycles. The van der Waals surface area contributed by atoms with Crippen LogP contribution in [0.3, 0.4) is 0 Å². The number of nitrogens with two attached hydrogens (primary N) is 1. The molecular weight excluding hydrogens is 214 g/mol. The van der Waals surface area contributed by atoms with E-state index in [-0.39, 0.29) is 0 Å². The quantitative estimate of drug-likeness (QED) is 0.222. The Kier molecular flexibility index (Phi) is 6.10. The van der Waals surface area contributed by atoms with Gasteiger partial charge < -0.3 is 16.3 Å².